The van der Waals surface area contributed by atoms with Crippen LogP contribution >= 0.6 is 0 Å². The summed E-state index contributed by atoms with van der Waals surface area (Å²) < 4.78 is 2.38. The molecule has 0 unspecified atom stereocenters. The zero-order valence-corrected chi connectivity index (χ0v) is 11.1. The first-order chi connectivity index (χ1) is 8.38. The van der Waals surface area contributed by atoms with Crippen molar-refractivity contribution in [2.45, 2.75) is 0 Å². The second kappa shape index (κ2) is 6.41. The molecule has 0 spiro atoms. The van der Waals surface area contributed by atoms with Crippen molar-refractivity contribution in [3.8, 4) is 0 Å². The SMILES string of the molecule is OC/C(=C\c1ccccc1)[Se]c1ccccc1. The Kier molecular flexibility index (Phi) is 4.57. The van der Waals surface area contributed by atoms with E-state index in [0.29, 0.717) is 0 Å². The monoisotopic (exact) mass is 290 g/mol. The van der Waals surface area contributed by atoms with Crippen molar-refractivity contribution in [1.82, 2.24) is 0 Å². The number of hydrogen-bond donors (Lipinski definition) is 1. The van der Waals surface area contributed by atoms with E-state index in [0.717, 1.165) is 10.0 Å². The van der Waals surface area contributed by atoms with Gasteiger partial charge < -0.3 is 0 Å². The molecule has 86 valence electrons. The number of rotatable bonds is 4. The molecule has 0 bridgehead atoms. The molecule has 0 aliphatic carbocycles. The van der Waals surface area contributed by atoms with Gasteiger partial charge in [0.15, 0.2) is 0 Å². The minimum absolute atomic E-state index is 0.129. The van der Waals surface area contributed by atoms with Gasteiger partial charge in [-0.15, -0.1) is 0 Å². The van der Waals surface area contributed by atoms with Gasteiger partial charge in [0.25, 0.3) is 0 Å². The van der Waals surface area contributed by atoms with E-state index in [2.05, 4.69) is 30.3 Å². The molecule has 0 aliphatic rings. The zero-order valence-electron chi connectivity index (χ0n) is 9.41. The molecule has 0 fully saturated rings. The Morgan fingerprint density at radius 2 is 1.53 bits per heavy atom. The minimum atomic E-state index is 0.129. The molecule has 0 amide bonds. The molecule has 2 rings (SSSR count). The van der Waals surface area contributed by atoms with Gasteiger partial charge in [0.2, 0.25) is 0 Å². The molecule has 0 saturated carbocycles. The van der Waals surface area contributed by atoms with Gasteiger partial charge in [0.1, 0.15) is 0 Å². The Bertz CT molecular complexity index is 477. The van der Waals surface area contributed by atoms with Crippen molar-refractivity contribution < 1.29 is 5.11 Å². The van der Waals surface area contributed by atoms with Gasteiger partial charge in [0, 0.05) is 0 Å². The number of aliphatic hydroxyl groups is 1. The first-order valence-electron chi connectivity index (χ1n) is 5.48. The fraction of sp³-hybridized carbons (Fsp3) is 0.0667. The molecule has 1 nitrogen and oxygen atoms in total. The summed E-state index contributed by atoms with van der Waals surface area (Å²) in [6.07, 6.45) is 2.08. The summed E-state index contributed by atoms with van der Waals surface area (Å²) in [4.78, 5) is 0. The molecule has 0 saturated heterocycles. The van der Waals surface area contributed by atoms with Crippen LogP contribution in [0.1, 0.15) is 5.56 Å². The molecular formula is C15H14OSe. The van der Waals surface area contributed by atoms with Crippen LogP contribution in [0.4, 0.5) is 0 Å². The third-order valence-corrected chi connectivity index (χ3v) is 4.41. The van der Waals surface area contributed by atoms with Gasteiger partial charge in [-0.3, -0.25) is 0 Å². The molecule has 0 heterocycles. The predicted octanol–water partition coefficient (Wildman–Crippen LogP) is 2.05. The van der Waals surface area contributed by atoms with Crippen LogP contribution in [0.3, 0.4) is 0 Å². The van der Waals surface area contributed by atoms with Crippen LogP contribution in [0.2, 0.25) is 0 Å². The zero-order chi connectivity index (χ0) is 11.9. The summed E-state index contributed by atoms with van der Waals surface area (Å²) in [5, 5.41) is 9.40. The maximum absolute atomic E-state index is 9.40. The van der Waals surface area contributed by atoms with Gasteiger partial charge in [-0.1, -0.05) is 0 Å². The number of aliphatic hydroxyl groups excluding tert-OH is 1. The van der Waals surface area contributed by atoms with E-state index >= 15 is 0 Å². The summed E-state index contributed by atoms with van der Waals surface area (Å²) in [7, 11) is 0. The average molecular weight is 289 g/mol. The molecule has 0 atom stereocenters. The van der Waals surface area contributed by atoms with Crippen molar-refractivity contribution in [3.63, 3.8) is 0 Å². The van der Waals surface area contributed by atoms with Gasteiger partial charge in [0.05, 0.1) is 0 Å². The van der Waals surface area contributed by atoms with E-state index in [1.807, 2.05) is 36.4 Å². The second-order valence-corrected chi connectivity index (χ2v) is 6.11. The van der Waals surface area contributed by atoms with Crippen molar-refractivity contribution in [2.24, 2.45) is 0 Å². The molecular weight excluding hydrogens is 275 g/mol. The summed E-state index contributed by atoms with van der Waals surface area (Å²) in [5.74, 6) is 0. The van der Waals surface area contributed by atoms with E-state index in [-0.39, 0.29) is 21.6 Å². The van der Waals surface area contributed by atoms with Crippen LogP contribution in [0, 0.1) is 0 Å². The Morgan fingerprint density at radius 3 is 2.12 bits per heavy atom. The summed E-state index contributed by atoms with van der Waals surface area (Å²) in [6, 6.07) is 20.4. The van der Waals surface area contributed by atoms with E-state index in [1.54, 1.807) is 0 Å². The number of benzene rings is 2. The molecule has 17 heavy (non-hydrogen) atoms. The molecule has 2 aromatic carbocycles. The Labute approximate surface area is 108 Å². The van der Waals surface area contributed by atoms with Crippen LogP contribution in [-0.4, -0.2) is 26.7 Å². The number of hydrogen-bond acceptors (Lipinski definition) is 1. The molecule has 1 N–H and O–H groups in total. The van der Waals surface area contributed by atoms with E-state index in [4.69, 9.17) is 0 Å². The van der Waals surface area contributed by atoms with Crippen molar-refractivity contribution in [3.05, 3.63) is 70.7 Å². The molecule has 2 aromatic rings. The molecule has 0 aliphatic heterocycles. The Hall–Kier alpha value is -1.34. The van der Waals surface area contributed by atoms with E-state index in [9.17, 15) is 5.11 Å². The molecule has 0 radical (unpaired) electrons. The summed E-state index contributed by atoms with van der Waals surface area (Å²) in [5.41, 5.74) is 1.15. The van der Waals surface area contributed by atoms with Crippen LogP contribution < -0.4 is 4.46 Å². The third-order valence-electron chi connectivity index (χ3n) is 2.28. The fourth-order valence-electron chi connectivity index (χ4n) is 1.48. The first kappa shape index (κ1) is 12.1. The normalized spacial score (nSPS) is 11.5. The first-order valence-corrected chi connectivity index (χ1v) is 7.19. The third kappa shape index (κ3) is 3.86. The van der Waals surface area contributed by atoms with Gasteiger partial charge in [-0.05, 0) is 0 Å². The fourth-order valence-corrected chi connectivity index (χ4v) is 3.28. The average Bonchev–Trinajstić information content (AvgIpc) is 2.40. The maximum atomic E-state index is 9.40. The molecule has 0 aromatic heterocycles. The predicted molar refractivity (Wildman–Crippen MR) is 73.3 cm³/mol. The standard InChI is InChI=1S/C15H14OSe/c16-12-15(11-13-7-3-1-4-8-13)17-14-9-5-2-6-10-14/h1-11,16H,12H2/b15-11+. The Balaban J connectivity index is 2.15. The van der Waals surface area contributed by atoms with Crippen LogP contribution in [0.25, 0.3) is 6.08 Å². The van der Waals surface area contributed by atoms with Crippen molar-refractivity contribution >= 4 is 25.5 Å². The van der Waals surface area contributed by atoms with Gasteiger partial charge >= 0.3 is 108 Å². The summed E-state index contributed by atoms with van der Waals surface area (Å²) >= 11 is 0.200. The second-order valence-electron chi connectivity index (χ2n) is 3.59. The van der Waals surface area contributed by atoms with E-state index < -0.39 is 0 Å². The van der Waals surface area contributed by atoms with Crippen LogP contribution in [0.5, 0.6) is 0 Å². The topological polar surface area (TPSA) is 20.2 Å². The van der Waals surface area contributed by atoms with Crippen LogP contribution in [0.15, 0.2) is 65.1 Å². The summed E-state index contributed by atoms with van der Waals surface area (Å²) in [6.45, 7) is 0.129. The Morgan fingerprint density at radius 1 is 0.941 bits per heavy atom. The quantitative estimate of drug-likeness (QED) is 0.854. The van der Waals surface area contributed by atoms with Crippen molar-refractivity contribution in [2.75, 3.05) is 6.61 Å². The molecule has 2 heteroatoms. The van der Waals surface area contributed by atoms with Crippen LogP contribution in [-0.2, 0) is 0 Å². The van der Waals surface area contributed by atoms with Crippen molar-refractivity contribution in [1.29, 1.82) is 0 Å². The van der Waals surface area contributed by atoms with E-state index in [1.165, 1.54) is 4.46 Å². The van der Waals surface area contributed by atoms with Gasteiger partial charge in [-0.2, -0.15) is 0 Å². The van der Waals surface area contributed by atoms with Gasteiger partial charge in [-0.25, -0.2) is 0 Å².